The highest BCUT2D eigenvalue weighted by Gasteiger charge is 2.21. The maximum atomic E-state index is 13.4. The molecule has 0 radical (unpaired) electrons. The second kappa shape index (κ2) is 13.9. The predicted molar refractivity (Wildman–Crippen MR) is 154 cm³/mol. The van der Waals surface area contributed by atoms with Crippen molar-refractivity contribution in [2.75, 3.05) is 13.2 Å². The van der Waals surface area contributed by atoms with Gasteiger partial charge in [-0.2, -0.15) is 9.78 Å². The van der Waals surface area contributed by atoms with Gasteiger partial charge in [0.25, 0.3) is 5.56 Å². The summed E-state index contributed by atoms with van der Waals surface area (Å²) in [7, 11) is 0. The van der Waals surface area contributed by atoms with Gasteiger partial charge in [0.1, 0.15) is 5.82 Å². The molecule has 1 atom stereocenters. The van der Waals surface area contributed by atoms with Gasteiger partial charge in [-0.25, -0.2) is 9.78 Å². The van der Waals surface area contributed by atoms with E-state index in [9.17, 15) is 9.59 Å². The van der Waals surface area contributed by atoms with Crippen LogP contribution in [0.2, 0.25) is 0 Å². The van der Waals surface area contributed by atoms with Crippen LogP contribution in [0, 0.1) is 0 Å². The molecule has 1 heterocycles. The van der Waals surface area contributed by atoms with Gasteiger partial charge in [0, 0.05) is 16.5 Å². The van der Waals surface area contributed by atoms with Gasteiger partial charge in [-0.1, -0.05) is 35.4 Å². The number of esters is 1. The maximum absolute atomic E-state index is 13.4. The fourth-order valence-corrected chi connectivity index (χ4v) is 4.24. The zero-order chi connectivity index (χ0) is 27.7. The number of carbonyl (C=O) groups excluding carboxylic acids is 1. The van der Waals surface area contributed by atoms with E-state index in [1.807, 2.05) is 25.1 Å². The monoisotopic (exact) mass is 583 g/mol. The number of rotatable bonds is 13. The fourth-order valence-electron chi connectivity index (χ4n) is 3.88. The van der Waals surface area contributed by atoms with Crippen molar-refractivity contribution < 1.29 is 19.0 Å². The Kier molecular flexibility index (Phi) is 10.6. The van der Waals surface area contributed by atoms with Crippen LogP contribution in [0.3, 0.4) is 0 Å². The number of ether oxygens (including phenoxy) is 3. The summed E-state index contributed by atoms with van der Waals surface area (Å²) in [6.45, 7) is 11.8. The first-order chi connectivity index (χ1) is 18.3. The number of aromatic nitrogens is 2. The van der Waals surface area contributed by atoms with E-state index in [1.165, 1.54) is 4.68 Å². The molecule has 0 aliphatic carbocycles. The molecule has 0 spiro atoms. The third kappa shape index (κ3) is 7.10. The number of unbranched alkanes of at least 4 members (excludes halogenated alkanes) is 1. The van der Waals surface area contributed by atoms with Crippen LogP contribution >= 0.6 is 15.9 Å². The van der Waals surface area contributed by atoms with Crippen LogP contribution in [-0.4, -0.2) is 41.2 Å². The number of aryl methyl sites for hydroxylation is 1. The van der Waals surface area contributed by atoms with Crippen molar-refractivity contribution in [2.24, 2.45) is 5.10 Å². The van der Waals surface area contributed by atoms with E-state index in [0.717, 1.165) is 22.9 Å². The quantitative estimate of drug-likeness (QED) is 0.142. The molecule has 3 aromatic rings. The number of nitrogens with zero attached hydrogens (tertiary/aromatic N) is 3. The van der Waals surface area contributed by atoms with Crippen LogP contribution in [0.5, 0.6) is 11.5 Å². The lowest BCUT2D eigenvalue weighted by atomic mass is 10.1. The first-order valence-electron chi connectivity index (χ1n) is 12.8. The molecule has 0 unspecified atom stereocenters. The minimum absolute atomic E-state index is 0.238. The lowest BCUT2D eigenvalue weighted by Gasteiger charge is -2.20. The zero-order valence-electron chi connectivity index (χ0n) is 22.3. The number of allylic oxidation sites excluding steroid dienone is 1. The maximum Gasteiger partial charge on any atom is 0.347 e. The average Bonchev–Trinajstić information content (AvgIpc) is 2.89. The Labute approximate surface area is 231 Å². The molecule has 3 rings (SSSR count). The highest BCUT2D eigenvalue weighted by atomic mass is 79.9. The average molecular weight is 585 g/mol. The Morgan fingerprint density at radius 3 is 2.68 bits per heavy atom. The number of benzene rings is 2. The van der Waals surface area contributed by atoms with E-state index >= 15 is 0 Å². The van der Waals surface area contributed by atoms with Crippen molar-refractivity contribution in [3.05, 3.63) is 74.8 Å². The molecule has 2 aromatic carbocycles. The molecule has 202 valence electrons. The van der Waals surface area contributed by atoms with E-state index < -0.39 is 12.1 Å². The minimum atomic E-state index is -0.820. The van der Waals surface area contributed by atoms with Gasteiger partial charge in [0.05, 0.1) is 30.3 Å². The van der Waals surface area contributed by atoms with Crippen molar-refractivity contribution in [1.82, 2.24) is 9.66 Å². The number of halogens is 1. The molecule has 0 N–H and O–H groups in total. The van der Waals surface area contributed by atoms with Gasteiger partial charge in [0.15, 0.2) is 17.6 Å². The standard InChI is InChI=1S/C29H34BrN3O5/c1-6-10-12-26-32-24-14-13-22(30)17-23(24)28(34)33(26)31-18-20-15-21(11-7-2)27(25(16-20)36-8-3)38-19(5)29(35)37-9-4/h7,13-19H,2,6,8-12H2,1,3-5H3/t19-/m1/s1. The fraction of sp³-hybridized carbons (Fsp3) is 0.379. The first kappa shape index (κ1) is 29.1. The van der Waals surface area contributed by atoms with Gasteiger partial charge in [0.2, 0.25) is 0 Å². The molecule has 0 saturated heterocycles. The highest BCUT2D eigenvalue weighted by Crippen LogP contribution is 2.34. The van der Waals surface area contributed by atoms with Crippen molar-refractivity contribution in [3.8, 4) is 11.5 Å². The van der Waals surface area contributed by atoms with Crippen LogP contribution in [0.1, 0.15) is 57.5 Å². The van der Waals surface area contributed by atoms with Crippen LogP contribution in [0.4, 0.5) is 0 Å². The Bertz CT molecular complexity index is 1380. The SMILES string of the molecule is C=CCc1cc(C=Nn2c(CCCC)nc3ccc(Br)cc3c2=O)cc(OCC)c1O[C@H](C)C(=O)OCC. The lowest BCUT2D eigenvalue weighted by molar-refractivity contribution is -0.150. The van der Waals surface area contributed by atoms with E-state index in [1.54, 1.807) is 38.3 Å². The van der Waals surface area contributed by atoms with Crippen molar-refractivity contribution in [1.29, 1.82) is 0 Å². The minimum Gasteiger partial charge on any atom is -0.490 e. The van der Waals surface area contributed by atoms with Crippen molar-refractivity contribution in [3.63, 3.8) is 0 Å². The first-order valence-corrected chi connectivity index (χ1v) is 13.6. The highest BCUT2D eigenvalue weighted by molar-refractivity contribution is 9.10. The molecule has 0 aliphatic heterocycles. The van der Waals surface area contributed by atoms with Gasteiger partial charge >= 0.3 is 5.97 Å². The van der Waals surface area contributed by atoms with Gasteiger partial charge in [-0.05, 0) is 69.5 Å². The zero-order valence-corrected chi connectivity index (χ0v) is 23.9. The van der Waals surface area contributed by atoms with Gasteiger partial charge in [-0.3, -0.25) is 4.79 Å². The van der Waals surface area contributed by atoms with E-state index in [4.69, 9.17) is 19.2 Å². The predicted octanol–water partition coefficient (Wildman–Crippen LogP) is 5.84. The summed E-state index contributed by atoms with van der Waals surface area (Å²) < 4.78 is 19.1. The normalized spacial score (nSPS) is 12.0. The second-order valence-electron chi connectivity index (χ2n) is 8.60. The van der Waals surface area contributed by atoms with Crippen LogP contribution < -0.4 is 15.0 Å². The topological polar surface area (TPSA) is 92.0 Å². The Balaban J connectivity index is 2.09. The summed E-state index contributed by atoms with van der Waals surface area (Å²) in [5.41, 5.74) is 1.87. The summed E-state index contributed by atoms with van der Waals surface area (Å²) in [5, 5.41) is 5.04. The van der Waals surface area contributed by atoms with E-state index in [0.29, 0.717) is 53.2 Å². The van der Waals surface area contributed by atoms with Crippen LogP contribution in [0.15, 0.2) is 57.4 Å². The number of fused-ring (bicyclic) bond motifs is 1. The van der Waals surface area contributed by atoms with Crippen LogP contribution in [-0.2, 0) is 22.4 Å². The molecule has 38 heavy (non-hydrogen) atoms. The number of carbonyl (C=O) groups is 1. The molecular weight excluding hydrogens is 550 g/mol. The molecule has 0 amide bonds. The second-order valence-corrected chi connectivity index (χ2v) is 9.52. The Morgan fingerprint density at radius 2 is 2.00 bits per heavy atom. The molecule has 0 bridgehead atoms. The largest absolute Gasteiger partial charge is 0.490 e. The lowest BCUT2D eigenvalue weighted by Crippen LogP contribution is -2.26. The van der Waals surface area contributed by atoms with E-state index in [-0.39, 0.29) is 12.2 Å². The van der Waals surface area contributed by atoms with Crippen molar-refractivity contribution >= 4 is 39.0 Å². The summed E-state index contributed by atoms with van der Waals surface area (Å²) in [4.78, 5) is 30.3. The summed E-state index contributed by atoms with van der Waals surface area (Å²) in [6.07, 6.45) is 5.47. The summed E-state index contributed by atoms with van der Waals surface area (Å²) in [6, 6.07) is 9.11. The molecule has 0 fully saturated rings. The Morgan fingerprint density at radius 1 is 1.21 bits per heavy atom. The van der Waals surface area contributed by atoms with Gasteiger partial charge in [-0.15, -0.1) is 6.58 Å². The van der Waals surface area contributed by atoms with Gasteiger partial charge < -0.3 is 14.2 Å². The van der Waals surface area contributed by atoms with E-state index in [2.05, 4.69) is 34.5 Å². The number of hydrogen-bond acceptors (Lipinski definition) is 7. The molecule has 0 aliphatic rings. The molecule has 1 aromatic heterocycles. The molecular formula is C29H34BrN3O5. The summed E-state index contributed by atoms with van der Waals surface area (Å²) in [5.74, 6) is 1.05. The van der Waals surface area contributed by atoms with Crippen LogP contribution in [0.25, 0.3) is 10.9 Å². The molecule has 8 nitrogen and oxygen atoms in total. The van der Waals surface area contributed by atoms with Crippen molar-refractivity contribution in [2.45, 2.75) is 59.5 Å². The number of hydrogen-bond donors (Lipinski definition) is 0. The molecule has 9 heteroatoms. The smallest absolute Gasteiger partial charge is 0.347 e. The Hall–Kier alpha value is -3.46. The third-order valence-electron chi connectivity index (χ3n) is 5.68. The molecule has 0 saturated carbocycles. The summed E-state index contributed by atoms with van der Waals surface area (Å²) >= 11 is 3.44. The third-order valence-corrected chi connectivity index (χ3v) is 6.18.